The largest absolute Gasteiger partial charge is 0.467 e. The Morgan fingerprint density at radius 1 is 0.897 bits per heavy atom. The third kappa shape index (κ3) is 7.17. The van der Waals surface area contributed by atoms with Crippen molar-refractivity contribution >= 4 is 24.7 Å². The van der Waals surface area contributed by atoms with Crippen molar-refractivity contribution in [3.8, 4) is 0 Å². The van der Waals surface area contributed by atoms with E-state index in [1.807, 2.05) is 60.7 Å². The van der Waals surface area contributed by atoms with Gasteiger partial charge in [-0.05, 0) is 34.7 Å². The molecule has 1 heterocycles. The van der Waals surface area contributed by atoms with Crippen LogP contribution in [0.2, 0.25) is 5.04 Å². The molecule has 3 unspecified atom stereocenters. The maximum Gasteiger partial charge on any atom is 0.337 e. The van der Waals surface area contributed by atoms with Gasteiger partial charge in [0.25, 0.3) is 8.32 Å². The van der Waals surface area contributed by atoms with Gasteiger partial charge in [0.15, 0.2) is 6.10 Å². The molecule has 1 saturated heterocycles. The molecule has 2 aromatic rings. The van der Waals surface area contributed by atoms with Crippen LogP contribution in [0.15, 0.2) is 60.7 Å². The van der Waals surface area contributed by atoms with Gasteiger partial charge in [-0.3, -0.25) is 0 Å². The number of carbonyl (C=O) groups is 1. The highest BCUT2D eigenvalue weighted by Crippen LogP contribution is 2.43. The standard InChI is InChI=1S/C31H46O7Si/c1-6-8-20-36-27-25(38-29(30(33)35-5)26(32)28(27)37-21-9-7-2)22-31(3,4)39(34,23-16-12-10-13-17-23)24-18-14-11-15-19-24/h10-19,25-29,32,34H,6-9,20-22H2,1-5H3/t25-,26-,27?,28?,29?/m0/s1. The Labute approximate surface area is 234 Å². The Kier molecular flexibility index (Phi) is 11.7. The molecule has 1 aliphatic heterocycles. The molecule has 5 atom stereocenters. The minimum atomic E-state index is -3.36. The van der Waals surface area contributed by atoms with Gasteiger partial charge in [-0.2, -0.15) is 0 Å². The predicted octanol–water partition coefficient (Wildman–Crippen LogP) is 3.58. The lowest BCUT2D eigenvalue weighted by atomic mass is 9.89. The van der Waals surface area contributed by atoms with Crippen molar-refractivity contribution in [2.45, 2.75) is 95.4 Å². The van der Waals surface area contributed by atoms with Crippen molar-refractivity contribution in [2.75, 3.05) is 20.3 Å². The van der Waals surface area contributed by atoms with E-state index in [0.717, 1.165) is 36.1 Å². The van der Waals surface area contributed by atoms with Crippen molar-refractivity contribution in [3.05, 3.63) is 60.7 Å². The van der Waals surface area contributed by atoms with E-state index >= 15 is 0 Å². The number of methoxy groups -OCH3 is 1. The Morgan fingerprint density at radius 3 is 1.85 bits per heavy atom. The zero-order chi connectivity index (χ0) is 28.5. The van der Waals surface area contributed by atoms with Gasteiger partial charge in [0.2, 0.25) is 0 Å². The second kappa shape index (κ2) is 14.5. The summed E-state index contributed by atoms with van der Waals surface area (Å²) in [6.07, 6.45) is -0.527. The van der Waals surface area contributed by atoms with E-state index in [2.05, 4.69) is 27.7 Å². The summed E-state index contributed by atoms with van der Waals surface area (Å²) in [5, 5.41) is 12.3. The van der Waals surface area contributed by atoms with Crippen LogP contribution in [0.25, 0.3) is 0 Å². The first kappa shape index (κ1) is 31.5. The van der Waals surface area contributed by atoms with Crippen LogP contribution < -0.4 is 10.4 Å². The van der Waals surface area contributed by atoms with Crippen LogP contribution in [-0.4, -0.2) is 75.0 Å². The molecule has 216 valence electrons. The van der Waals surface area contributed by atoms with Gasteiger partial charge in [-0.1, -0.05) is 101 Å². The molecule has 0 amide bonds. The van der Waals surface area contributed by atoms with Gasteiger partial charge in [-0.15, -0.1) is 0 Å². The summed E-state index contributed by atoms with van der Waals surface area (Å²) in [6.45, 7) is 9.17. The lowest BCUT2D eigenvalue weighted by molar-refractivity contribution is -0.252. The van der Waals surface area contributed by atoms with Gasteiger partial charge in [0.05, 0.1) is 13.2 Å². The third-order valence-electron chi connectivity index (χ3n) is 7.78. The molecule has 2 aromatic carbocycles. The highest BCUT2D eigenvalue weighted by Gasteiger charge is 2.56. The van der Waals surface area contributed by atoms with Crippen molar-refractivity contribution in [1.82, 2.24) is 0 Å². The number of rotatable bonds is 14. The van der Waals surface area contributed by atoms with Crippen molar-refractivity contribution in [2.24, 2.45) is 0 Å². The Bertz CT molecular complexity index is 961. The monoisotopic (exact) mass is 558 g/mol. The molecule has 2 N–H and O–H groups in total. The van der Waals surface area contributed by atoms with E-state index in [1.54, 1.807) is 0 Å². The SMILES string of the molecule is CCCCOC1C(OCCCC)[C@H](CC(C)(C)[Si](O)(c2ccccc2)c2ccccc2)OC(C(=O)OC)[C@H]1O. The number of carbonyl (C=O) groups excluding carboxylic acids is 1. The molecule has 0 saturated carbocycles. The van der Waals surface area contributed by atoms with E-state index in [9.17, 15) is 14.7 Å². The molecule has 3 rings (SSSR count). The van der Waals surface area contributed by atoms with Crippen molar-refractivity contribution in [1.29, 1.82) is 0 Å². The zero-order valence-electron chi connectivity index (χ0n) is 24.0. The van der Waals surface area contributed by atoms with Crippen LogP contribution in [0, 0.1) is 0 Å². The maximum atomic E-state index is 12.7. The van der Waals surface area contributed by atoms with Crippen LogP contribution >= 0.6 is 0 Å². The number of benzene rings is 2. The van der Waals surface area contributed by atoms with Crippen molar-refractivity contribution in [3.63, 3.8) is 0 Å². The molecule has 1 aliphatic rings. The van der Waals surface area contributed by atoms with Gasteiger partial charge in [0, 0.05) is 13.2 Å². The Hall–Kier alpha value is -2.07. The van der Waals surface area contributed by atoms with Crippen LogP contribution in [-0.2, 0) is 23.7 Å². The van der Waals surface area contributed by atoms with E-state index in [-0.39, 0.29) is 0 Å². The summed E-state index contributed by atoms with van der Waals surface area (Å²) in [5.74, 6) is -0.653. The highest BCUT2D eigenvalue weighted by molar-refractivity contribution is 6.98. The number of ether oxygens (including phenoxy) is 4. The average Bonchev–Trinajstić information content (AvgIpc) is 2.95. The number of aliphatic hydroxyl groups excluding tert-OH is 1. The van der Waals surface area contributed by atoms with Crippen LogP contribution in [0.3, 0.4) is 0 Å². The first-order chi connectivity index (χ1) is 18.7. The first-order valence-electron chi connectivity index (χ1n) is 14.2. The molecule has 1 fully saturated rings. The summed E-state index contributed by atoms with van der Waals surface area (Å²) >= 11 is 0. The molecule has 8 heteroatoms. The fourth-order valence-electron chi connectivity index (χ4n) is 5.48. The quantitative estimate of drug-likeness (QED) is 0.208. The molecule has 0 radical (unpaired) electrons. The molecule has 0 spiro atoms. The van der Waals surface area contributed by atoms with Gasteiger partial charge < -0.3 is 28.8 Å². The van der Waals surface area contributed by atoms with Gasteiger partial charge in [0.1, 0.15) is 18.3 Å². The fourth-order valence-corrected chi connectivity index (χ4v) is 9.22. The van der Waals surface area contributed by atoms with Crippen LogP contribution in [0.5, 0.6) is 0 Å². The normalized spacial score (nSPS) is 23.9. The molecule has 7 nitrogen and oxygen atoms in total. The lowest BCUT2D eigenvalue weighted by Crippen LogP contribution is -2.68. The number of hydrogen-bond acceptors (Lipinski definition) is 7. The second-order valence-electron chi connectivity index (χ2n) is 11.0. The summed E-state index contributed by atoms with van der Waals surface area (Å²) < 4.78 is 23.8. The molecule has 0 aromatic heterocycles. The summed E-state index contributed by atoms with van der Waals surface area (Å²) in [4.78, 5) is 25.4. The Balaban J connectivity index is 2.04. The molecular weight excluding hydrogens is 512 g/mol. The van der Waals surface area contributed by atoms with E-state index in [1.165, 1.54) is 7.11 Å². The van der Waals surface area contributed by atoms with E-state index in [0.29, 0.717) is 19.6 Å². The molecule has 0 aliphatic carbocycles. The minimum absolute atomic E-state index is 0.379. The topological polar surface area (TPSA) is 94.5 Å². The van der Waals surface area contributed by atoms with Crippen molar-refractivity contribution < 1.29 is 33.6 Å². The lowest BCUT2D eigenvalue weighted by Gasteiger charge is -2.48. The minimum Gasteiger partial charge on any atom is -0.467 e. The average molecular weight is 559 g/mol. The fraction of sp³-hybridized carbons (Fsp3) is 0.581. The summed E-state index contributed by atoms with van der Waals surface area (Å²) in [6, 6.07) is 19.6. The number of unbranched alkanes of at least 4 members (excludes halogenated alkanes) is 2. The smallest absolute Gasteiger partial charge is 0.337 e. The number of aliphatic hydroxyl groups is 1. The van der Waals surface area contributed by atoms with Crippen LogP contribution in [0.4, 0.5) is 0 Å². The molecule has 0 bridgehead atoms. The third-order valence-corrected chi connectivity index (χ3v) is 12.3. The molecule has 39 heavy (non-hydrogen) atoms. The highest BCUT2D eigenvalue weighted by atomic mass is 28.4. The molecular formula is C31H46O7Si. The van der Waals surface area contributed by atoms with E-state index < -0.39 is 49.8 Å². The first-order valence-corrected chi connectivity index (χ1v) is 16.1. The maximum absolute atomic E-state index is 12.7. The van der Waals surface area contributed by atoms with Gasteiger partial charge in [-0.25, -0.2) is 4.79 Å². The Morgan fingerprint density at radius 2 is 1.38 bits per heavy atom. The van der Waals surface area contributed by atoms with E-state index in [4.69, 9.17) is 18.9 Å². The number of esters is 1. The predicted molar refractivity (Wildman–Crippen MR) is 155 cm³/mol. The van der Waals surface area contributed by atoms with Gasteiger partial charge >= 0.3 is 5.97 Å². The van der Waals surface area contributed by atoms with Crippen LogP contribution in [0.1, 0.15) is 59.8 Å². The second-order valence-corrected chi connectivity index (χ2v) is 14.9. The zero-order valence-corrected chi connectivity index (χ0v) is 25.0. The number of hydrogen-bond donors (Lipinski definition) is 2. The summed E-state index contributed by atoms with van der Waals surface area (Å²) in [7, 11) is -2.08. The summed E-state index contributed by atoms with van der Waals surface area (Å²) in [5.41, 5.74) is 0.